The molecule has 2 heterocycles. The van der Waals surface area contributed by atoms with Crippen LogP contribution in [0.25, 0.3) is 11.4 Å². The van der Waals surface area contributed by atoms with Crippen LogP contribution in [0.15, 0.2) is 47.2 Å². The fraction of sp³-hybridized carbons (Fsp3) is 0.125. The summed E-state index contributed by atoms with van der Waals surface area (Å²) in [5.74, 6) is -1.81. The second-order valence-corrected chi connectivity index (χ2v) is 5.02. The quantitative estimate of drug-likeness (QED) is 0.684. The molecule has 0 aliphatic carbocycles. The van der Waals surface area contributed by atoms with Crippen LogP contribution in [0.5, 0.6) is 0 Å². The molecule has 0 spiro atoms. The second-order valence-electron chi connectivity index (χ2n) is 5.02. The van der Waals surface area contributed by atoms with Crippen LogP contribution >= 0.6 is 0 Å². The summed E-state index contributed by atoms with van der Waals surface area (Å²) in [4.78, 5) is 19.7. The molecule has 0 amide bonds. The van der Waals surface area contributed by atoms with E-state index in [9.17, 15) is 18.0 Å². The fourth-order valence-electron chi connectivity index (χ4n) is 2.11. The highest BCUT2D eigenvalue weighted by atomic mass is 19.4. The molecule has 0 aliphatic rings. The third kappa shape index (κ3) is 3.03. The highest BCUT2D eigenvalue weighted by Crippen LogP contribution is 2.29. The van der Waals surface area contributed by atoms with Crippen LogP contribution in [0.3, 0.4) is 0 Å². The smallest absolute Gasteiger partial charge is 0.329 e. The van der Waals surface area contributed by atoms with Crippen molar-refractivity contribution in [3.63, 3.8) is 0 Å². The number of hydrogen-bond acceptors (Lipinski definition) is 5. The van der Waals surface area contributed by atoms with E-state index < -0.39 is 12.1 Å². The van der Waals surface area contributed by atoms with Gasteiger partial charge in [-0.05, 0) is 18.6 Å². The lowest BCUT2D eigenvalue weighted by molar-refractivity contribution is -0.159. The van der Waals surface area contributed by atoms with E-state index in [1.54, 1.807) is 19.2 Å². The van der Waals surface area contributed by atoms with Crippen LogP contribution in [0.2, 0.25) is 0 Å². The minimum absolute atomic E-state index is 0.193. The third-order valence-corrected chi connectivity index (χ3v) is 3.34. The molecule has 0 radical (unpaired) electrons. The van der Waals surface area contributed by atoms with Gasteiger partial charge in [0.25, 0.3) is 0 Å². The normalized spacial score (nSPS) is 11.5. The molecule has 5 nitrogen and oxygen atoms in total. The number of aromatic nitrogens is 3. The maximum Gasteiger partial charge on any atom is 0.471 e. The first-order valence-corrected chi connectivity index (χ1v) is 6.83. The van der Waals surface area contributed by atoms with Gasteiger partial charge in [0.2, 0.25) is 5.82 Å². The molecule has 24 heavy (non-hydrogen) atoms. The summed E-state index contributed by atoms with van der Waals surface area (Å²) in [6.45, 7) is 1.77. The van der Waals surface area contributed by atoms with Crippen molar-refractivity contribution < 1.29 is 22.5 Å². The number of carbonyl (C=O) groups excluding carboxylic acids is 1. The van der Waals surface area contributed by atoms with Gasteiger partial charge in [-0.3, -0.25) is 9.78 Å². The van der Waals surface area contributed by atoms with Crippen molar-refractivity contribution in [2.75, 3.05) is 0 Å². The van der Waals surface area contributed by atoms with Gasteiger partial charge >= 0.3 is 12.1 Å². The van der Waals surface area contributed by atoms with Crippen LogP contribution in [-0.2, 0) is 6.18 Å². The number of halogens is 3. The van der Waals surface area contributed by atoms with Crippen molar-refractivity contribution in [2.24, 2.45) is 0 Å². The van der Waals surface area contributed by atoms with Crippen molar-refractivity contribution in [3.8, 4) is 11.4 Å². The van der Waals surface area contributed by atoms with Gasteiger partial charge < -0.3 is 4.52 Å². The molecule has 3 rings (SSSR count). The molecule has 0 saturated carbocycles. The maximum absolute atomic E-state index is 12.5. The zero-order valence-electron chi connectivity index (χ0n) is 12.3. The fourth-order valence-corrected chi connectivity index (χ4v) is 2.11. The van der Waals surface area contributed by atoms with Crippen LogP contribution < -0.4 is 0 Å². The predicted octanol–water partition coefficient (Wildman–Crippen LogP) is 3.69. The number of alkyl halides is 3. The van der Waals surface area contributed by atoms with E-state index in [1.807, 2.05) is 0 Å². The largest absolute Gasteiger partial charge is 0.471 e. The van der Waals surface area contributed by atoms with Gasteiger partial charge in [0.05, 0.1) is 0 Å². The number of nitrogens with zero attached hydrogens (tertiary/aromatic N) is 3. The number of benzene rings is 1. The van der Waals surface area contributed by atoms with Crippen molar-refractivity contribution in [1.29, 1.82) is 0 Å². The standard InChI is InChI=1S/C16H10F3N3O2/c1-9-8-20-7-6-12(9)13(23)10-2-4-11(5-3-10)14-21-15(24-22-14)16(17,18)19/h2-8H,1H3. The summed E-state index contributed by atoms with van der Waals surface area (Å²) in [5, 5.41) is 3.30. The van der Waals surface area contributed by atoms with Gasteiger partial charge in [-0.2, -0.15) is 18.2 Å². The van der Waals surface area contributed by atoms with Gasteiger partial charge in [0.1, 0.15) is 0 Å². The van der Waals surface area contributed by atoms with Crippen molar-refractivity contribution in [2.45, 2.75) is 13.1 Å². The van der Waals surface area contributed by atoms with Crippen molar-refractivity contribution >= 4 is 5.78 Å². The van der Waals surface area contributed by atoms with E-state index in [2.05, 4.69) is 19.6 Å². The first-order chi connectivity index (χ1) is 11.4. The number of ketones is 1. The Morgan fingerprint density at radius 1 is 1.12 bits per heavy atom. The Morgan fingerprint density at radius 3 is 2.42 bits per heavy atom. The second kappa shape index (κ2) is 5.88. The van der Waals surface area contributed by atoms with E-state index in [-0.39, 0.29) is 11.6 Å². The number of rotatable bonds is 3. The van der Waals surface area contributed by atoms with Crippen molar-refractivity contribution in [3.05, 3.63) is 65.3 Å². The molecular weight excluding hydrogens is 323 g/mol. The molecule has 0 fully saturated rings. The summed E-state index contributed by atoms with van der Waals surface area (Å²) in [7, 11) is 0. The molecule has 3 aromatic rings. The Hall–Kier alpha value is -3.03. The summed E-state index contributed by atoms with van der Waals surface area (Å²) in [6, 6.07) is 7.55. The molecule has 122 valence electrons. The molecule has 0 bridgehead atoms. The Bertz CT molecular complexity index is 886. The number of carbonyl (C=O) groups is 1. The first-order valence-electron chi connectivity index (χ1n) is 6.83. The molecular formula is C16H10F3N3O2. The summed E-state index contributed by atoms with van der Waals surface area (Å²) >= 11 is 0. The van der Waals surface area contributed by atoms with E-state index in [0.717, 1.165) is 5.56 Å². The van der Waals surface area contributed by atoms with Gasteiger partial charge in [-0.1, -0.05) is 29.4 Å². The summed E-state index contributed by atoms with van der Waals surface area (Å²) < 4.78 is 41.6. The van der Waals surface area contributed by atoms with Crippen molar-refractivity contribution in [1.82, 2.24) is 15.1 Å². The average Bonchev–Trinajstić information content (AvgIpc) is 3.05. The molecule has 0 unspecified atom stereocenters. The number of pyridine rings is 1. The first kappa shape index (κ1) is 15.9. The van der Waals surface area contributed by atoms with E-state index in [4.69, 9.17) is 0 Å². The highest BCUT2D eigenvalue weighted by Gasteiger charge is 2.38. The molecule has 0 aliphatic heterocycles. The molecule has 8 heteroatoms. The SMILES string of the molecule is Cc1cnccc1C(=O)c1ccc(-c2noc(C(F)(F)F)n2)cc1. The highest BCUT2D eigenvalue weighted by molar-refractivity contribution is 6.09. The molecule has 0 N–H and O–H groups in total. The van der Waals surface area contributed by atoms with Crippen LogP contribution in [0, 0.1) is 6.92 Å². The average molecular weight is 333 g/mol. The van der Waals surface area contributed by atoms with Gasteiger partial charge in [-0.15, -0.1) is 0 Å². The Labute approximate surface area is 134 Å². The minimum Gasteiger partial charge on any atom is -0.329 e. The van der Waals surface area contributed by atoms with Crippen LogP contribution in [-0.4, -0.2) is 20.9 Å². The zero-order valence-corrected chi connectivity index (χ0v) is 12.3. The lowest BCUT2D eigenvalue weighted by Crippen LogP contribution is -2.05. The van der Waals surface area contributed by atoms with Gasteiger partial charge in [0, 0.05) is 29.1 Å². The predicted molar refractivity (Wildman–Crippen MR) is 77.1 cm³/mol. The molecule has 0 atom stereocenters. The lowest BCUT2D eigenvalue weighted by Gasteiger charge is -2.04. The molecule has 1 aromatic carbocycles. The van der Waals surface area contributed by atoms with Crippen LogP contribution in [0.1, 0.15) is 27.4 Å². The maximum atomic E-state index is 12.5. The Morgan fingerprint density at radius 2 is 1.83 bits per heavy atom. The van der Waals surface area contributed by atoms with Crippen LogP contribution in [0.4, 0.5) is 13.2 Å². The van der Waals surface area contributed by atoms with Gasteiger partial charge in [0.15, 0.2) is 5.78 Å². The monoisotopic (exact) mass is 333 g/mol. The number of hydrogen-bond donors (Lipinski definition) is 0. The van der Waals surface area contributed by atoms with E-state index >= 15 is 0 Å². The third-order valence-electron chi connectivity index (χ3n) is 3.34. The topological polar surface area (TPSA) is 68.9 Å². The van der Waals surface area contributed by atoms with E-state index in [0.29, 0.717) is 16.7 Å². The molecule has 2 aromatic heterocycles. The summed E-state index contributed by atoms with van der Waals surface area (Å²) in [6.07, 6.45) is -1.59. The Balaban J connectivity index is 1.87. The molecule has 0 saturated heterocycles. The van der Waals surface area contributed by atoms with Gasteiger partial charge in [-0.25, -0.2) is 0 Å². The Kier molecular flexibility index (Phi) is 3.88. The summed E-state index contributed by atoms with van der Waals surface area (Å²) in [5.41, 5.74) is 1.96. The van der Waals surface area contributed by atoms with E-state index in [1.165, 1.54) is 30.5 Å². The zero-order chi connectivity index (χ0) is 17.3. The number of aryl methyl sites for hydroxylation is 1. The minimum atomic E-state index is -4.69. The lowest BCUT2D eigenvalue weighted by atomic mass is 10.00.